The molecule has 0 spiro atoms. The van der Waals surface area contributed by atoms with Crippen LogP contribution in [0.25, 0.3) is 0 Å². The summed E-state index contributed by atoms with van der Waals surface area (Å²) in [4.78, 5) is 0. The van der Waals surface area contributed by atoms with Crippen molar-refractivity contribution in [3.63, 3.8) is 0 Å². The van der Waals surface area contributed by atoms with Crippen LogP contribution >= 0.6 is 0 Å². The molecular weight excluding hydrogens is 467 g/mol. The first-order valence-electron chi connectivity index (χ1n) is 10.5. The van der Waals surface area contributed by atoms with E-state index in [1.54, 1.807) is 0 Å². The van der Waals surface area contributed by atoms with E-state index in [1.807, 2.05) is 0 Å². The summed E-state index contributed by atoms with van der Waals surface area (Å²) in [6.07, 6.45) is 13.9. The summed E-state index contributed by atoms with van der Waals surface area (Å²) < 4.78 is 0.830. The van der Waals surface area contributed by atoms with Gasteiger partial charge in [-0.1, -0.05) is 0 Å². The van der Waals surface area contributed by atoms with E-state index in [4.69, 9.17) is 0 Å². The molecule has 4 heteroatoms. The predicted molar refractivity (Wildman–Crippen MR) is 108 cm³/mol. The van der Waals surface area contributed by atoms with Gasteiger partial charge in [-0.2, -0.15) is 0 Å². The average molecular weight is 494 g/mol. The Kier molecular flexibility index (Phi) is 9.78. The minimum absolute atomic E-state index is 0. The summed E-state index contributed by atoms with van der Waals surface area (Å²) in [7, 11) is 0. The quantitative estimate of drug-likeness (QED) is 0.418. The average Bonchev–Trinajstić information content (AvgIpc) is 3.06. The number of hydrogen-bond donors (Lipinski definition) is 0. The molecule has 0 N–H and O–H groups in total. The van der Waals surface area contributed by atoms with Gasteiger partial charge in [0.15, 0.2) is 0 Å². The first kappa shape index (κ1) is 25.8. The molecule has 2 saturated carbocycles. The molecule has 156 valence electrons. The zero-order chi connectivity index (χ0) is 18.2. The topological polar surface area (TPSA) is 0 Å². The first-order chi connectivity index (χ1) is 13.3. The van der Waals surface area contributed by atoms with Gasteiger partial charge in [-0.05, 0) is 0 Å². The molecule has 2 fully saturated rings. The second-order valence-electron chi connectivity index (χ2n) is 8.58. The zero-order valence-corrected chi connectivity index (χ0v) is 20.7. The van der Waals surface area contributed by atoms with Crippen LogP contribution in [0.1, 0.15) is 36.3 Å². The van der Waals surface area contributed by atoms with Gasteiger partial charge < -0.3 is 37.2 Å². The van der Waals surface area contributed by atoms with Crippen molar-refractivity contribution in [2.24, 2.45) is 29.6 Å². The molecule has 0 saturated heterocycles. The van der Waals surface area contributed by atoms with E-state index >= 15 is 0 Å². The summed E-state index contributed by atoms with van der Waals surface area (Å²) in [6, 6.07) is 22.6. The van der Waals surface area contributed by atoms with Crippen LogP contribution in [0, 0.1) is 29.6 Å². The molecule has 2 aromatic rings. The van der Waals surface area contributed by atoms with Crippen molar-refractivity contribution < 1.29 is 57.7 Å². The molecule has 0 heterocycles. The Hall–Kier alpha value is -0.496. The summed E-state index contributed by atoms with van der Waals surface area (Å²) in [5.41, 5.74) is 2.99. The molecule has 0 bridgehead atoms. The Balaban J connectivity index is 0.00000107. The summed E-state index contributed by atoms with van der Waals surface area (Å²) in [5, 5.41) is 0. The van der Waals surface area contributed by atoms with Gasteiger partial charge in [-0.3, -0.25) is 0 Å². The van der Waals surface area contributed by atoms with Crippen molar-refractivity contribution in [3.8, 4) is 0 Å². The number of hydrogen-bond acceptors (Lipinski definition) is 0. The Bertz CT molecular complexity index is 796. The second kappa shape index (κ2) is 11.4. The van der Waals surface area contributed by atoms with Crippen LogP contribution < -0.4 is 37.2 Å². The molecule has 3 aliphatic carbocycles. The maximum absolute atomic E-state index is 2.54. The van der Waals surface area contributed by atoms with E-state index in [-0.39, 0.29) is 37.2 Å². The van der Waals surface area contributed by atoms with E-state index in [2.05, 4.69) is 105 Å². The molecule has 0 radical (unpaired) electrons. The number of fused-ring (bicyclic) bond motifs is 3. The molecule has 5 rings (SSSR count). The molecule has 2 aromatic carbocycles. The fourth-order valence-corrected chi connectivity index (χ4v) is 7.42. The normalized spacial score (nSPS) is 31.0. The Labute approximate surface area is 211 Å². The first-order valence-corrected chi connectivity index (χ1v) is 11.4. The molecule has 0 amide bonds. The zero-order valence-electron chi connectivity index (χ0n) is 16.9. The van der Waals surface area contributed by atoms with Crippen LogP contribution in [-0.2, 0) is 20.4 Å². The fourth-order valence-electron chi connectivity index (χ4n) is 6.37. The van der Waals surface area contributed by atoms with E-state index in [0.717, 1.165) is 22.0 Å². The fraction of sp³-hybridized carbons (Fsp3) is 0.385. The van der Waals surface area contributed by atoms with Crippen LogP contribution in [0.3, 0.4) is 0 Å². The number of allylic oxidation sites excluding steroid dienone is 4. The van der Waals surface area contributed by atoms with Gasteiger partial charge in [0.1, 0.15) is 0 Å². The van der Waals surface area contributed by atoms with Crippen LogP contribution in [0.15, 0.2) is 85.0 Å². The molecule has 0 aliphatic heterocycles. The number of rotatable bonds is 3. The predicted octanol–water partition coefficient (Wildman–Crippen LogP) is -2.43. The van der Waals surface area contributed by atoms with E-state index in [0.29, 0.717) is 17.8 Å². The Morgan fingerprint density at radius 1 is 0.700 bits per heavy atom. The van der Waals surface area contributed by atoms with Crippen molar-refractivity contribution in [3.05, 3.63) is 96.1 Å². The number of benzene rings is 2. The van der Waals surface area contributed by atoms with Crippen LogP contribution in [0.2, 0.25) is 4.22 Å². The SMILES string of the molecule is [Cl-].[Cl-].[Cl-].[Ti+3][CH]1CCCC2C3C=CC=CC3C(C(c3ccccc3)c3ccccc3)C12. The van der Waals surface area contributed by atoms with E-state index in [9.17, 15) is 0 Å². The molecule has 0 nitrogen and oxygen atoms in total. The van der Waals surface area contributed by atoms with Crippen molar-refractivity contribution in [2.45, 2.75) is 29.4 Å². The van der Waals surface area contributed by atoms with Gasteiger partial charge in [0.2, 0.25) is 0 Å². The van der Waals surface area contributed by atoms with Gasteiger partial charge in [0.25, 0.3) is 0 Å². The molecule has 0 aromatic heterocycles. The summed E-state index contributed by atoms with van der Waals surface area (Å²) in [6.45, 7) is 0. The minimum atomic E-state index is 0. The second-order valence-corrected chi connectivity index (χ2v) is 9.74. The maximum atomic E-state index is 2.54. The van der Waals surface area contributed by atoms with Crippen molar-refractivity contribution in [1.82, 2.24) is 0 Å². The van der Waals surface area contributed by atoms with E-state index < -0.39 is 0 Å². The van der Waals surface area contributed by atoms with Crippen molar-refractivity contribution in [2.75, 3.05) is 0 Å². The summed E-state index contributed by atoms with van der Waals surface area (Å²) >= 11 is 2.53. The van der Waals surface area contributed by atoms with Gasteiger partial charge in [-0.25, -0.2) is 0 Å². The van der Waals surface area contributed by atoms with Gasteiger partial charge in [0.05, 0.1) is 0 Å². The van der Waals surface area contributed by atoms with Crippen molar-refractivity contribution >= 4 is 0 Å². The molecule has 3 aliphatic rings. The third-order valence-electron chi connectivity index (χ3n) is 7.32. The van der Waals surface area contributed by atoms with E-state index in [1.165, 1.54) is 30.4 Å². The monoisotopic (exact) mass is 492 g/mol. The van der Waals surface area contributed by atoms with Crippen molar-refractivity contribution in [1.29, 1.82) is 0 Å². The summed E-state index contributed by atoms with van der Waals surface area (Å²) in [5.74, 6) is 4.29. The number of halogens is 3. The molecular formula is C26H27Cl3Ti. The van der Waals surface area contributed by atoms with Gasteiger partial charge in [0, 0.05) is 0 Å². The Morgan fingerprint density at radius 2 is 1.23 bits per heavy atom. The molecule has 6 atom stereocenters. The molecule has 6 unspecified atom stereocenters. The third kappa shape index (κ3) is 4.64. The van der Waals surface area contributed by atoms with Gasteiger partial charge in [-0.15, -0.1) is 0 Å². The van der Waals surface area contributed by atoms with Gasteiger partial charge >= 0.3 is 176 Å². The standard InChI is InChI=1S/C26H27.3ClH.Ti/c1-3-11-19(12-4-1)25(20-13-5-2-6-14-20)26-23-17-9-7-15-21(23)22-16-8-10-18-24(22)26;;;;/h1-7,9,11-15,17-18,21-26H,8,10,16H2;3*1H;/q;;;;+3/p-3. The third-order valence-corrected chi connectivity index (χ3v) is 8.37. The Morgan fingerprint density at radius 3 is 1.80 bits per heavy atom. The van der Waals surface area contributed by atoms with Crippen LogP contribution in [-0.4, -0.2) is 0 Å². The van der Waals surface area contributed by atoms with Crippen LogP contribution in [0.4, 0.5) is 0 Å². The molecule has 30 heavy (non-hydrogen) atoms. The van der Waals surface area contributed by atoms with Crippen LogP contribution in [0.5, 0.6) is 0 Å².